The molecule has 6 heteroatoms. The van der Waals surface area contributed by atoms with Gasteiger partial charge in [0.2, 0.25) is 6.10 Å². The molecule has 2 aromatic rings. The lowest BCUT2D eigenvalue weighted by molar-refractivity contribution is -0.126. The second-order valence-electron chi connectivity index (χ2n) is 4.75. The first-order valence-corrected chi connectivity index (χ1v) is 7.36. The predicted octanol–water partition coefficient (Wildman–Crippen LogP) is 3.73. The van der Waals surface area contributed by atoms with Crippen LogP contribution in [0.2, 0.25) is 5.02 Å². The number of halogens is 1. The van der Waals surface area contributed by atoms with E-state index >= 15 is 0 Å². The molecule has 0 heterocycles. The SMILES string of the molecule is COc1ccc(NC(=O)C(C)O/N=C/c2ccc(Cl)cc2)cc1. The molecule has 0 spiro atoms. The number of nitrogens with zero attached hydrogens (tertiary/aromatic N) is 1. The first-order valence-electron chi connectivity index (χ1n) is 6.98. The fraction of sp³-hybridized carbons (Fsp3) is 0.176. The molecule has 0 aliphatic heterocycles. The Balaban J connectivity index is 1.85. The lowest BCUT2D eigenvalue weighted by Gasteiger charge is -2.10. The number of hydrogen-bond acceptors (Lipinski definition) is 4. The molecule has 0 bridgehead atoms. The van der Waals surface area contributed by atoms with E-state index in [-0.39, 0.29) is 5.91 Å². The van der Waals surface area contributed by atoms with Crippen LogP contribution in [0.3, 0.4) is 0 Å². The van der Waals surface area contributed by atoms with E-state index in [1.54, 1.807) is 62.6 Å². The summed E-state index contributed by atoms with van der Waals surface area (Å²) >= 11 is 5.80. The van der Waals surface area contributed by atoms with Gasteiger partial charge in [0.1, 0.15) is 5.75 Å². The quantitative estimate of drug-likeness (QED) is 0.647. The Kier molecular flexibility index (Phi) is 6.00. The van der Waals surface area contributed by atoms with Crippen LogP contribution in [0.1, 0.15) is 12.5 Å². The monoisotopic (exact) mass is 332 g/mol. The normalized spacial score (nSPS) is 12.0. The summed E-state index contributed by atoms with van der Waals surface area (Å²) in [5.41, 5.74) is 1.49. The van der Waals surface area contributed by atoms with Gasteiger partial charge in [-0.25, -0.2) is 0 Å². The van der Waals surface area contributed by atoms with Crippen molar-refractivity contribution in [2.24, 2.45) is 5.16 Å². The van der Waals surface area contributed by atoms with E-state index in [9.17, 15) is 4.79 Å². The number of hydrogen-bond donors (Lipinski definition) is 1. The van der Waals surface area contributed by atoms with Crippen molar-refractivity contribution in [1.82, 2.24) is 0 Å². The molecular formula is C17H17ClN2O3. The van der Waals surface area contributed by atoms with Crippen molar-refractivity contribution in [2.45, 2.75) is 13.0 Å². The molecule has 120 valence electrons. The van der Waals surface area contributed by atoms with Gasteiger partial charge in [-0.15, -0.1) is 0 Å². The third-order valence-electron chi connectivity index (χ3n) is 3.02. The van der Waals surface area contributed by atoms with Gasteiger partial charge in [0.05, 0.1) is 13.3 Å². The second-order valence-corrected chi connectivity index (χ2v) is 5.19. The van der Waals surface area contributed by atoms with Crippen molar-refractivity contribution >= 4 is 29.4 Å². The number of ether oxygens (including phenoxy) is 1. The maximum absolute atomic E-state index is 12.0. The van der Waals surface area contributed by atoms with Gasteiger partial charge < -0.3 is 14.9 Å². The summed E-state index contributed by atoms with van der Waals surface area (Å²) in [6.07, 6.45) is 0.800. The highest BCUT2D eigenvalue weighted by Crippen LogP contribution is 2.15. The van der Waals surface area contributed by atoms with E-state index in [0.717, 1.165) is 11.3 Å². The van der Waals surface area contributed by atoms with E-state index in [1.807, 2.05) is 0 Å². The number of carbonyl (C=O) groups excluding carboxylic acids is 1. The van der Waals surface area contributed by atoms with Crippen LogP contribution in [0, 0.1) is 0 Å². The van der Waals surface area contributed by atoms with E-state index in [2.05, 4.69) is 10.5 Å². The van der Waals surface area contributed by atoms with Crippen LogP contribution >= 0.6 is 11.6 Å². The van der Waals surface area contributed by atoms with Gasteiger partial charge in [0.25, 0.3) is 5.91 Å². The zero-order chi connectivity index (χ0) is 16.7. The van der Waals surface area contributed by atoms with Crippen LogP contribution in [0.5, 0.6) is 5.75 Å². The molecule has 1 N–H and O–H groups in total. The molecule has 0 fully saturated rings. The van der Waals surface area contributed by atoms with Crippen LogP contribution in [-0.4, -0.2) is 25.3 Å². The fourth-order valence-electron chi connectivity index (χ4n) is 1.70. The van der Waals surface area contributed by atoms with Crippen molar-refractivity contribution in [3.63, 3.8) is 0 Å². The Labute approximate surface area is 139 Å². The average molecular weight is 333 g/mol. The van der Waals surface area contributed by atoms with Crippen LogP contribution in [-0.2, 0) is 9.63 Å². The molecule has 5 nitrogen and oxygen atoms in total. The van der Waals surface area contributed by atoms with Crippen LogP contribution in [0.4, 0.5) is 5.69 Å². The van der Waals surface area contributed by atoms with Gasteiger partial charge in [0, 0.05) is 10.7 Å². The summed E-state index contributed by atoms with van der Waals surface area (Å²) in [6, 6.07) is 14.1. The largest absolute Gasteiger partial charge is 0.497 e. The Morgan fingerprint density at radius 1 is 1.17 bits per heavy atom. The summed E-state index contributed by atoms with van der Waals surface area (Å²) in [6.45, 7) is 1.62. The molecule has 1 atom stereocenters. The third-order valence-corrected chi connectivity index (χ3v) is 3.27. The molecule has 0 saturated heterocycles. The van der Waals surface area contributed by atoms with E-state index in [0.29, 0.717) is 10.7 Å². The van der Waals surface area contributed by atoms with E-state index in [1.165, 1.54) is 6.21 Å². The van der Waals surface area contributed by atoms with Gasteiger partial charge >= 0.3 is 0 Å². The minimum atomic E-state index is -0.722. The number of carbonyl (C=O) groups is 1. The van der Waals surface area contributed by atoms with Crippen LogP contribution in [0.15, 0.2) is 53.7 Å². The minimum Gasteiger partial charge on any atom is -0.497 e. The maximum Gasteiger partial charge on any atom is 0.267 e. The highest BCUT2D eigenvalue weighted by molar-refractivity contribution is 6.30. The molecule has 1 unspecified atom stereocenters. The van der Waals surface area contributed by atoms with Crippen molar-refractivity contribution < 1.29 is 14.4 Å². The highest BCUT2D eigenvalue weighted by atomic mass is 35.5. The second kappa shape index (κ2) is 8.19. The number of benzene rings is 2. The van der Waals surface area contributed by atoms with Crippen molar-refractivity contribution in [1.29, 1.82) is 0 Å². The molecule has 23 heavy (non-hydrogen) atoms. The number of methoxy groups -OCH3 is 1. The summed E-state index contributed by atoms with van der Waals surface area (Å²) in [7, 11) is 1.59. The van der Waals surface area contributed by atoms with Crippen LogP contribution in [0.25, 0.3) is 0 Å². The Hall–Kier alpha value is -2.53. The van der Waals surface area contributed by atoms with Gasteiger partial charge in [-0.2, -0.15) is 0 Å². The maximum atomic E-state index is 12.0. The van der Waals surface area contributed by atoms with Gasteiger partial charge in [0.15, 0.2) is 0 Å². The summed E-state index contributed by atoms with van der Waals surface area (Å²) in [5.74, 6) is 0.434. The lowest BCUT2D eigenvalue weighted by Crippen LogP contribution is -2.26. The minimum absolute atomic E-state index is 0.288. The zero-order valence-corrected chi connectivity index (χ0v) is 13.6. The molecule has 0 aromatic heterocycles. The van der Waals surface area contributed by atoms with Gasteiger partial charge in [-0.05, 0) is 48.9 Å². The van der Waals surface area contributed by atoms with Gasteiger partial charge in [-0.1, -0.05) is 28.9 Å². The fourth-order valence-corrected chi connectivity index (χ4v) is 1.82. The Morgan fingerprint density at radius 2 is 1.83 bits per heavy atom. The average Bonchev–Trinajstić information content (AvgIpc) is 2.57. The molecule has 1 amide bonds. The lowest BCUT2D eigenvalue weighted by atomic mass is 10.2. The van der Waals surface area contributed by atoms with Crippen molar-refractivity contribution in [2.75, 3.05) is 12.4 Å². The zero-order valence-electron chi connectivity index (χ0n) is 12.8. The number of oxime groups is 1. The summed E-state index contributed by atoms with van der Waals surface area (Å²) in [4.78, 5) is 17.2. The smallest absolute Gasteiger partial charge is 0.267 e. The third kappa shape index (κ3) is 5.30. The van der Waals surface area contributed by atoms with Crippen molar-refractivity contribution in [3.8, 4) is 5.75 Å². The molecule has 2 rings (SSSR count). The molecular weight excluding hydrogens is 316 g/mol. The van der Waals surface area contributed by atoms with Gasteiger partial charge in [-0.3, -0.25) is 4.79 Å². The number of rotatable bonds is 6. The van der Waals surface area contributed by atoms with Crippen molar-refractivity contribution in [3.05, 3.63) is 59.1 Å². The molecule has 0 saturated carbocycles. The number of amides is 1. The first kappa shape index (κ1) is 16.8. The molecule has 0 radical (unpaired) electrons. The predicted molar refractivity (Wildman–Crippen MR) is 91.2 cm³/mol. The summed E-state index contributed by atoms with van der Waals surface area (Å²) < 4.78 is 5.06. The first-order chi connectivity index (χ1) is 11.1. The molecule has 0 aliphatic carbocycles. The Morgan fingerprint density at radius 3 is 2.43 bits per heavy atom. The molecule has 2 aromatic carbocycles. The van der Waals surface area contributed by atoms with E-state index < -0.39 is 6.10 Å². The molecule has 0 aliphatic rings. The topological polar surface area (TPSA) is 59.9 Å². The number of anilines is 1. The summed E-state index contributed by atoms with van der Waals surface area (Å²) in [5, 5.41) is 7.20. The standard InChI is InChI=1S/C17H17ClN2O3/c1-12(23-19-11-13-3-5-14(18)6-4-13)17(21)20-15-7-9-16(22-2)10-8-15/h3-12H,1-2H3,(H,20,21)/b19-11+. The highest BCUT2D eigenvalue weighted by Gasteiger charge is 2.14. The van der Waals surface area contributed by atoms with Crippen LogP contribution < -0.4 is 10.1 Å². The number of nitrogens with one attached hydrogen (secondary N) is 1. The Bertz CT molecular complexity index is 669. The van der Waals surface area contributed by atoms with E-state index in [4.69, 9.17) is 21.2 Å².